The van der Waals surface area contributed by atoms with Crippen LogP contribution in [0.2, 0.25) is 0 Å². The van der Waals surface area contributed by atoms with Gasteiger partial charge in [0.05, 0.1) is 0 Å². The van der Waals surface area contributed by atoms with Gasteiger partial charge in [-0.25, -0.2) is 5.43 Å². The van der Waals surface area contributed by atoms with Crippen molar-refractivity contribution in [3.63, 3.8) is 0 Å². The lowest BCUT2D eigenvalue weighted by atomic mass is 9.72. The van der Waals surface area contributed by atoms with Crippen molar-refractivity contribution in [3.05, 3.63) is 65.2 Å². The second kappa shape index (κ2) is 8.78. The average Bonchev–Trinajstić information content (AvgIpc) is 2.77. The zero-order valence-corrected chi connectivity index (χ0v) is 16.9. The number of fused-ring (bicyclic) bond motifs is 1. The van der Waals surface area contributed by atoms with Crippen LogP contribution in [0.3, 0.4) is 0 Å². The highest BCUT2D eigenvalue weighted by Gasteiger charge is 2.39. The van der Waals surface area contributed by atoms with Crippen LogP contribution in [0.15, 0.2) is 48.5 Å². The molecule has 3 unspecified atom stereocenters. The highest BCUT2D eigenvalue weighted by Crippen LogP contribution is 2.35. The number of nitrogens with one attached hydrogen (secondary N) is 3. The van der Waals surface area contributed by atoms with Crippen LogP contribution in [0.4, 0.5) is 5.69 Å². The van der Waals surface area contributed by atoms with Gasteiger partial charge in [0, 0.05) is 23.2 Å². The van der Waals surface area contributed by atoms with Crippen molar-refractivity contribution in [2.45, 2.75) is 51.5 Å². The quantitative estimate of drug-likeness (QED) is 0.725. The minimum Gasteiger partial charge on any atom is -0.322 e. The Morgan fingerprint density at radius 2 is 1.86 bits per heavy atom. The van der Waals surface area contributed by atoms with Crippen LogP contribution in [-0.2, 0) is 17.6 Å². The van der Waals surface area contributed by atoms with Crippen LogP contribution >= 0.6 is 0 Å². The van der Waals surface area contributed by atoms with Gasteiger partial charge in [-0.1, -0.05) is 44.0 Å². The molecule has 5 heteroatoms. The van der Waals surface area contributed by atoms with Crippen molar-refractivity contribution < 1.29 is 9.59 Å². The standard InChI is InChI=1S/C24H29N3O2/c1-2-16-10-12-19(13-11-16)25-23(28)18-7-5-6-17(14-18)15-22-20-8-3-4-9-21(20)24(29)27-26-22/h5-7,10-14,20-22,26H,2-4,8-9,15H2,1H3,(H,25,28)(H,27,29). The van der Waals surface area contributed by atoms with E-state index in [4.69, 9.17) is 0 Å². The molecule has 152 valence electrons. The lowest BCUT2D eigenvalue weighted by Gasteiger charge is -2.41. The fraction of sp³-hybridized carbons (Fsp3) is 0.417. The van der Waals surface area contributed by atoms with Crippen LogP contribution < -0.4 is 16.2 Å². The molecule has 1 aliphatic carbocycles. The van der Waals surface area contributed by atoms with Gasteiger partial charge in [-0.2, -0.15) is 0 Å². The summed E-state index contributed by atoms with van der Waals surface area (Å²) >= 11 is 0. The number of amides is 2. The smallest absolute Gasteiger partial charge is 0.255 e. The molecule has 0 spiro atoms. The summed E-state index contributed by atoms with van der Waals surface area (Å²) in [6.07, 6.45) is 6.17. The maximum atomic E-state index is 12.7. The lowest BCUT2D eigenvalue weighted by Crippen LogP contribution is -2.60. The second-order valence-electron chi connectivity index (χ2n) is 8.20. The van der Waals surface area contributed by atoms with Gasteiger partial charge in [-0.3, -0.25) is 15.0 Å². The number of hydrogen-bond acceptors (Lipinski definition) is 3. The summed E-state index contributed by atoms with van der Waals surface area (Å²) in [7, 11) is 0. The maximum Gasteiger partial charge on any atom is 0.255 e. The lowest BCUT2D eigenvalue weighted by molar-refractivity contribution is -0.133. The molecule has 1 aliphatic heterocycles. The summed E-state index contributed by atoms with van der Waals surface area (Å²) < 4.78 is 0. The van der Waals surface area contributed by atoms with Crippen LogP contribution in [0.25, 0.3) is 0 Å². The number of rotatable bonds is 5. The van der Waals surface area contributed by atoms with Gasteiger partial charge in [0.1, 0.15) is 0 Å². The van der Waals surface area contributed by atoms with E-state index in [0.29, 0.717) is 11.5 Å². The highest BCUT2D eigenvalue weighted by atomic mass is 16.2. The molecule has 4 rings (SSSR count). The van der Waals surface area contributed by atoms with E-state index in [1.807, 2.05) is 42.5 Å². The van der Waals surface area contributed by atoms with E-state index in [2.05, 4.69) is 29.2 Å². The first-order chi connectivity index (χ1) is 14.1. The van der Waals surface area contributed by atoms with Gasteiger partial charge in [-0.15, -0.1) is 0 Å². The molecule has 1 saturated heterocycles. The molecule has 2 aromatic rings. The molecule has 2 fully saturated rings. The van der Waals surface area contributed by atoms with Gasteiger partial charge in [-0.05, 0) is 67.0 Å². The number of anilines is 1. The van der Waals surface area contributed by atoms with Gasteiger partial charge < -0.3 is 5.32 Å². The molecule has 3 N–H and O–H groups in total. The first-order valence-electron chi connectivity index (χ1n) is 10.7. The topological polar surface area (TPSA) is 70.2 Å². The summed E-state index contributed by atoms with van der Waals surface area (Å²) in [6, 6.07) is 16.0. The molecule has 2 aliphatic rings. The number of carbonyl (C=O) groups is 2. The van der Waals surface area contributed by atoms with E-state index in [1.54, 1.807) is 0 Å². The van der Waals surface area contributed by atoms with E-state index in [9.17, 15) is 9.59 Å². The number of benzene rings is 2. The van der Waals surface area contributed by atoms with Gasteiger partial charge in [0.25, 0.3) is 5.91 Å². The fourth-order valence-corrected chi connectivity index (χ4v) is 4.65. The third-order valence-electron chi connectivity index (χ3n) is 6.32. The molecule has 0 aromatic heterocycles. The van der Waals surface area contributed by atoms with E-state index >= 15 is 0 Å². The first kappa shape index (κ1) is 19.6. The Labute approximate surface area is 172 Å². The van der Waals surface area contributed by atoms with Crippen molar-refractivity contribution in [1.29, 1.82) is 0 Å². The summed E-state index contributed by atoms with van der Waals surface area (Å²) in [5.41, 5.74) is 9.89. The number of carbonyl (C=O) groups excluding carboxylic acids is 2. The summed E-state index contributed by atoms with van der Waals surface area (Å²) in [5.74, 6) is 0.518. The molecule has 0 bridgehead atoms. The molecule has 2 aromatic carbocycles. The molecule has 29 heavy (non-hydrogen) atoms. The Bertz CT molecular complexity index is 878. The predicted octanol–water partition coefficient (Wildman–Crippen LogP) is 3.85. The molecule has 3 atom stereocenters. The van der Waals surface area contributed by atoms with Crippen molar-refractivity contribution in [2.24, 2.45) is 11.8 Å². The van der Waals surface area contributed by atoms with Gasteiger partial charge >= 0.3 is 0 Å². The third kappa shape index (κ3) is 4.51. The Hall–Kier alpha value is -2.66. The minimum absolute atomic E-state index is 0.100. The normalized spacial score (nSPS) is 23.8. The number of aryl methyl sites for hydroxylation is 1. The van der Waals surface area contributed by atoms with Crippen LogP contribution in [0.1, 0.15) is 54.1 Å². The number of hydrazine groups is 1. The maximum absolute atomic E-state index is 12.7. The van der Waals surface area contributed by atoms with Crippen molar-refractivity contribution in [3.8, 4) is 0 Å². The van der Waals surface area contributed by atoms with E-state index < -0.39 is 0 Å². The van der Waals surface area contributed by atoms with Gasteiger partial charge in [0.15, 0.2) is 0 Å². The van der Waals surface area contributed by atoms with Crippen molar-refractivity contribution >= 4 is 17.5 Å². The summed E-state index contributed by atoms with van der Waals surface area (Å²) in [6.45, 7) is 2.11. The molecule has 0 radical (unpaired) electrons. The third-order valence-corrected chi connectivity index (χ3v) is 6.32. The predicted molar refractivity (Wildman–Crippen MR) is 114 cm³/mol. The van der Waals surface area contributed by atoms with E-state index in [-0.39, 0.29) is 23.8 Å². The van der Waals surface area contributed by atoms with Gasteiger partial charge in [0.2, 0.25) is 5.91 Å². The van der Waals surface area contributed by atoms with Crippen LogP contribution in [-0.4, -0.2) is 17.9 Å². The zero-order chi connectivity index (χ0) is 20.2. The molecule has 1 saturated carbocycles. The molecule has 1 heterocycles. The number of hydrogen-bond donors (Lipinski definition) is 3. The Morgan fingerprint density at radius 3 is 2.66 bits per heavy atom. The Morgan fingerprint density at radius 1 is 1.07 bits per heavy atom. The molecular formula is C24H29N3O2. The fourth-order valence-electron chi connectivity index (χ4n) is 4.65. The Kier molecular flexibility index (Phi) is 5.95. The highest BCUT2D eigenvalue weighted by molar-refractivity contribution is 6.04. The molecule has 2 amide bonds. The molecular weight excluding hydrogens is 362 g/mol. The van der Waals surface area contributed by atoms with Crippen LogP contribution in [0.5, 0.6) is 0 Å². The van der Waals surface area contributed by atoms with E-state index in [1.165, 1.54) is 12.0 Å². The SMILES string of the molecule is CCc1ccc(NC(=O)c2cccc(CC3NNC(=O)C4CCCCC34)c2)cc1. The minimum atomic E-state index is -0.100. The Balaban J connectivity index is 1.44. The summed E-state index contributed by atoms with van der Waals surface area (Å²) in [5, 5.41) is 2.98. The molecule has 5 nitrogen and oxygen atoms in total. The van der Waals surface area contributed by atoms with Crippen LogP contribution in [0, 0.1) is 11.8 Å². The second-order valence-corrected chi connectivity index (χ2v) is 8.20. The first-order valence-corrected chi connectivity index (χ1v) is 10.7. The average molecular weight is 392 g/mol. The monoisotopic (exact) mass is 391 g/mol. The van der Waals surface area contributed by atoms with Crippen molar-refractivity contribution in [1.82, 2.24) is 10.9 Å². The van der Waals surface area contributed by atoms with Crippen molar-refractivity contribution in [2.75, 3.05) is 5.32 Å². The van der Waals surface area contributed by atoms with E-state index in [0.717, 1.165) is 43.4 Å². The summed E-state index contributed by atoms with van der Waals surface area (Å²) in [4.78, 5) is 24.9. The largest absolute Gasteiger partial charge is 0.322 e. The zero-order valence-electron chi connectivity index (χ0n) is 16.9.